The highest BCUT2D eigenvalue weighted by molar-refractivity contribution is 6.32. The van der Waals surface area contributed by atoms with Crippen LogP contribution < -0.4 is 4.74 Å². The second-order valence-electron chi connectivity index (χ2n) is 4.58. The molecule has 2 rings (SSSR count). The zero-order valence-electron chi connectivity index (χ0n) is 10.0. The Morgan fingerprint density at radius 3 is 2.94 bits per heavy atom. The van der Waals surface area contributed by atoms with Crippen molar-refractivity contribution in [2.24, 2.45) is 0 Å². The number of rotatable bonds is 2. The van der Waals surface area contributed by atoms with Crippen molar-refractivity contribution in [3.05, 3.63) is 28.8 Å². The van der Waals surface area contributed by atoms with Crippen LogP contribution in [-0.2, 0) is 4.79 Å². The summed E-state index contributed by atoms with van der Waals surface area (Å²) in [5.41, 5.74) is 1.17. The van der Waals surface area contributed by atoms with Crippen LogP contribution in [0.15, 0.2) is 18.2 Å². The first-order valence-electron chi connectivity index (χ1n) is 6.06. The van der Waals surface area contributed by atoms with Crippen molar-refractivity contribution in [3.63, 3.8) is 0 Å². The Balaban J connectivity index is 2.23. The largest absolute Gasteiger partial charge is 0.495 e. The summed E-state index contributed by atoms with van der Waals surface area (Å²) < 4.78 is 5.22. The molecule has 0 spiro atoms. The highest BCUT2D eigenvalue weighted by Crippen LogP contribution is 2.34. The lowest BCUT2D eigenvalue weighted by Gasteiger charge is -2.15. The number of carbonyl (C=O) groups excluding carboxylic acids is 1. The fourth-order valence-electron chi connectivity index (χ4n) is 2.41. The van der Waals surface area contributed by atoms with E-state index in [9.17, 15) is 4.79 Å². The Bertz CT molecular complexity index is 415. The van der Waals surface area contributed by atoms with Gasteiger partial charge in [-0.25, -0.2) is 0 Å². The Morgan fingerprint density at radius 2 is 2.18 bits per heavy atom. The number of Topliss-reactive ketones (excluding diaryl/α,β-unsaturated/α-hetero) is 1. The monoisotopic (exact) mass is 252 g/mol. The first-order valence-corrected chi connectivity index (χ1v) is 6.43. The molecule has 0 amide bonds. The topological polar surface area (TPSA) is 26.3 Å². The SMILES string of the molecule is COc1cc(C2CCCCC(=O)C2)ccc1Cl. The van der Waals surface area contributed by atoms with E-state index in [1.54, 1.807) is 7.11 Å². The zero-order valence-corrected chi connectivity index (χ0v) is 10.8. The van der Waals surface area contributed by atoms with Crippen LogP contribution in [0.2, 0.25) is 5.02 Å². The summed E-state index contributed by atoms with van der Waals surface area (Å²) in [6.07, 6.45) is 4.63. The summed E-state index contributed by atoms with van der Waals surface area (Å²) in [5.74, 6) is 1.40. The fourth-order valence-corrected chi connectivity index (χ4v) is 2.60. The number of ketones is 1. The second kappa shape index (κ2) is 5.54. The Hall–Kier alpha value is -1.02. The van der Waals surface area contributed by atoms with Crippen LogP contribution in [0.4, 0.5) is 0 Å². The molecule has 17 heavy (non-hydrogen) atoms. The molecule has 1 unspecified atom stereocenters. The molecule has 1 fully saturated rings. The summed E-state index contributed by atoms with van der Waals surface area (Å²) in [6, 6.07) is 5.82. The van der Waals surface area contributed by atoms with E-state index in [4.69, 9.17) is 16.3 Å². The van der Waals surface area contributed by atoms with Gasteiger partial charge in [-0.1, -0.05) is 24.1 Å². The minimum absolute atomic E-state index is 0.330. The molecular formula is C14H17ClO2. The van der Waals surface area contributed by atoms with Crippen LogP contribution in [0.25, 0.3) is 0 Å². The average molecular weight is 253 g/mol. The Morgan fingerprint density at radius 1 is 1.35 bits per heavy atom. The lowest BCUT2D eigenvalue weighted by Crippen LogP contribution is -2.04. The van der Waals surface area contributed by atoms with E-state index >= 15 is 0 Å². The van der Waals surface area contributed by atoms with Crippen molar-refractivity contribution in [1.82, 2.24) is 0 Å². The molecular weight excluding hydrogens is 236 g/mol. The first-order chi connectivity index (χ1) is 8.20. The summed E-state index contributed by atoms with van der Waals surface area (Å²) >= 11 is 6.00. The second-order valence-corrected chi connectivity index (χ2v) is 4.99. The van der Waals surface area contributed by atoms with Crippen molar-refractivity contribution in [2.45, 2.75) is 38.0 Å². The van der Waals surface area contributed by atoms with E-state index < -0.39 is 0 Å². The van der Waals surface area contributed by atoms with E-state index in [0.29, 0.717) is 28.9 Å². The van der Waals surface area contributed by atoms with Gasteiger partial charge in [-0.05, 0) is 36.5 Å². The normalized spacial score (nSPS) is 21.1. The maximum absolute atomic E-state index is 11.6. The molecule has 0 aromatic heterocycles. The minimum atomic E-state index is 0.330. The molecule has 1 saturated carbocycles. The molecule has 0 radical (unpaired) electrons. The van der Waals surface area contributed by atoms with Gasteiger partial charge in [-0.3, -0.25) is 4.79 Å². The average Bonchev–Trinajstić information content (AvgIpc) is 2.54. The van der Waals surface area contributed by atoms with Crippen molar-refractivity contribution in [2.75, 3.05) is 7.11 Å². The van der Waals surface area contributed by atoms with Gasteiger partial charge in [0.15, 0.2) is 0 Å². The summed E-state index contributed by atoms with van der Waals surface area (Å²) in [7, 11) is 1.61. The molecule has 1 atom stereocenters. The van der Waals surface area contributed by atoms with Crippen LogP contribution in [0.5, 0.6) is 5.75 Å². The van der Waals surface area contributed by atoms with Crippen LogP contribution in [0.1, 0.15) is 43.6 Å². The first kappa shape index (κ1) is 12.4. The number of halogens is 1. The number of benzene rings is 1. The molecule has 0 bridgehead atoms. The molecule has 3 heteroatoms. The number of carbonyl (C=O) groups is 1. The van der Waals surface area contributed by atoms with Gasteiger partial charge in [0, 0.05) is 12.8 Å². The highest BCUT2D eigenvalue weighted by Gasteiger charge is 2.20. The molecule has 92 valence electrons. The lowest BCUT2D eigenvalue weighted by molar-refractivity contribution is -0.119. The smallest absolute Gasteiger partial charge is 0.137 e. The molecule has 0 N–H and O–H groups in total. The number of hydrogen-bond donors (Lipinski definition) is 0. The quantitative estimate of drug-likeness (QED) is 0.745. The van der Waals surface area contributed by atoms with Crippen LogP contribution >= 0.6 is 11.6 Å². The highest BCUT2D eigenvalue weighted by atomic mass is 35.5. The maximum Gasteiger partial charge on any atom is 0.137 e. The standard InChI is InChI=1S/C14H17ClO2/c1-17-14-9-11(6-7-13(14)15)10-4-2-3-5-12(16)8-10/h6-7,9-10H,2-5,8H2,1H3. The number of methoxy groups -OCH3 is 1. The molecule has 2 nitrogen and oxygen atoms in total. The summed E-state index contributed by atoms with van der Waals surface area (Å²) in [5, 5.41) is 0.621. The molecule has 0 aliphatic heterocycles. The van der Waals surface area contributed by atoms with Gasteiger partial charge in [-0.2, -0.15) is 0 Å². The molecule has 1 aromatic carbocycles. The molecule has 0 heterocycles. The number of hydrogen-bond acceptors (Lipinski definition) is 2. The fraction of sp³-hybridized carbons (Fsp3) is 0.500. The molecule has 0 saturated heterocycles. The van der Waals surface area contributed by atoms with Crippen LogP contribution in [0, 0.1) is 0 Å². The Kier molecular flexibility index (Phi) is 4.06. The molecule has 1 aliphatic carbocycles. The third-order valence-electron chi connectivity index (χ3n) is 3.38. The Labute approximate surface area is 107 Å². The van der Waals surface area contributed by atoms with Crippen molar-refractivity contribution in [3.8, 4) is 5.75 Å². The minimum Gasteiger partial charge on any atom is -0.495 e. The van der Waals surface area contributed by atoms with E-state index in [1.807, 2.05) is 18.2 Å². The van der Waals surface area contributed by atoms with Crippen molar-refractivity contribution < 1.29 is 9.53 Å². The van der Waals surface area contributed by atoms with Crippen molar-refractivity contribution >= 4 is 17.4 Å². The van der Waals surface area contributed by atoms with Gasteiger partial charge in [-0.15, -0.1) is 0 Å². The van der Waals surface area contributed by atoms with E-state index in [2.05, 4.69) is 0 Å². The predicted molar refractivity (Wildman–Crippen MR) is 68.8 cm³/mol. The number of ether oxygens (including phenoxy) is 1. The van der Waals surface area contributed by atoms with Crippen LogP contribution in [0.3, 0.4) is 0 Å². The summed E-state index contributed by atoms with van der Waals surface area (Å²) in [4.78, 5) is 11.6. The lowest BCUT2D eigenvalue weighted by atomic mass is 9.91. The van der Waals surface area contributed by atoms with E-state index in [0.717, 1.165) is 25.7 Å². The summed E-state index contributed by atoms with van der Waals surface area (Å²) in [6.45, 7) is 0. The van der Waals surface area contributed by atoms with Gasteiger partial charge in [0.1, 0.15) is 11.5 Å². The van der Waals surface area contributed by atoms with Crippen molar-refractivity contribution in [1.29, 1.82) is 0 Å². The van der Waals surface area contributed by atoms with Gasteiger partial charge < -0.3 is 4.74 Å². The van der Waals surface area contributed by atoms with Crippen LogP contribution in [-0.4, -0.2) is 12.9 Å². The maximum atomic E-state index is 11.6. The molecule has 1 aliphatic rings. The van der Waals surface area contributed by atoms with Gasteiger partial charge >= 0.3 is 0 Å². The third kappa shape index (κ3) is 3.01. The van der Waals surface area contributed by atoms with Gasteiger partial charge in [0.2, 0.25) is 0 Å². The van der Waals surface area contributed by atoms with E-state index in [1.165, 1.54) is 5.56 Å². The van der Waals surface area contributed by atoms with E-state index in [-0.39, 0.29) is 0 Å². The molecule has 1 aromatic rings. The zero-order chi connectivity index (χ0) is 12.3. The predicted octanol–water partition coefficient (Wildman–Crippen LogP) is 3.97. The van der Waals surface area contributed by atoms with Gasteiger partial charge in [0.05, 0.1) is 12.1 Å². The van der Waals surface area contributed by atoms with Gasteiger partial charge in [0.25, 0.3) is 0 Å². The third-order valence-corrected chi connectivity index (χ3v) is 3.69.